The number of hydrogen-bond acceptors (Lipinski definition) is 5. The van der Waals surface area contributed by atoms with Crippen LogP contribution in [0.15, 0.2) is 33.5 Å². The lowest BCUT2D eigenvalue weighted by Crippen LogP contribution is -2.12. The summed E-state index contributed by atoms with van der Waals surface area (Å²) in [6, 6.07) is 9.65. The van der Waals surface area contributed by atoms with Crippen LogP contribution in [0.4, 0.5) is 0 Å². The maximum absolute atomic E-state index is 8.85. The minimum atomic E-state index is -0.0240. The van der Waals surface area contributed by atoms with E-state index in [9.17, 15) is 0 Å². The van der Waals surface area contributed by atoms with Gasteiger partial charge in [-0.05, 0) is 29.7 Å². The van der Waals surface area contributed by atoms with Gasteiger partial charge < -0.3 is 0 Å². The maximum atomic E-state index is 8.85. The van der Waals surface area contributed by atoms with Gasteiger partial charge >= 0.3 is 0 Å². The van der Waals surface area contributed by atoms with Crippen molar-refractivity contribution in [3.8, 4) is 6.07 Å². The van der Waals surface area contributed by atoms with Gasteiger partial charge in [0.15, 0.2) is 4.34 Å². The molecule has 0 unspecified atom stereocenters. The van der Waals surface area contributed by atoms with Gasteiger partial charge in [0, 0.05) is 10.3 Å². The number of benzene rings is 1. The van der Waals surface area contributed by atoms with Crippen LogP contribution in [0.5, 0.6) is 0 Å². The first-order valence-electron chi connectivity index (χ1n) is 5.51. The second kappa shape index (κ2) is 5.09. The van der Waals surface area contributed by atoms with Crippen LogP contribution in [0.25, 0.3) is 0 Å². The minimum Gasteiger partial charge on any atom is -0.212 e. The average molecular weight is 275 g/mol. The molecular weight excluding hydrogens is 262 g/mol. The van der Waals surface area contributed by atoms with E-state index in [-0.39, 0.29) is 5.41 Å². The van der Waals surface area contributed by atoms with E-state index in [1.807, 2.05) is 18.2 Å². The van der Waals surface area contributed by atoms with Crippen LogP contribution in [0.2, 0.25) is 0 Å². The summed E-state index contributed by atoms with van der Waals surface area (Å²) in [7, 11) is 0. The molecule has 0 fully saturated rings. The molecule has 1 aromatic heterocycles. The fourth-order valence-corrected chi connectivity index (χ4v) is 3.11. The predicted molar refractivity (Wildman–Crippen MR) is 73.9 cm³/mol. The van der Waals surface area contributed by atoms with Crippen molar-refractivity contribution < 1.29 is 0 Å². The van der Waals surface area contributed by atoms with Gasteiger partial charge in [-0.1, -0.05) is 38.6 Å². The molecule has 3 nitrogen and oxygen atoms in total. The SMILES string of the molecule is CC(C)(C)c1nsc(Sc2cccc(C#N)c2)n1. The Hall–Kier alpha value is -1.38. The zero-order valence-corrected chi connectivity index (χ0v) is 12.1. The quantitative estimate of drug-likeness (QED) is 0.835. The van der Waals surface area contributed by atoms with E-state index in [0.29, 0.717) is 5.56 Å². The van der Waals surface area contributed by atoms with Crippen LogP contribution in [-0.4, -0.2) is 9.36 Å². The van der Waals surface area contributed by atoms with E-state index in [1.54, 1.807) is 17.8 Å². The first-order valence-corrected chi connectivity index (χ1v) is 7.10. The summed E-state index contributed by atoms with van der Waals surface area (Å²) in [5, 5.41) is 8.85. The van der Waals surface area contributed by atoms with Crippen LogP contribution in [0, 0.1) is 11.3 Å². The van der Waals surface area contributed by atoms with Crippen molar-refractivity contribution >= 4 is 23.3 Å². The molecule has 0 amide bonds. The lowest BCUT2D eigenvalue weighted by atomic mass is 9.96. The third-order valence-corrected chi connectivity index (χ3v) is 3.99. The molecule has 18 heavy (non-hydrogen) atoms. The summed E-state index contributed by atoms with van der Waals surface area (Å²) in [5.41, 5.74) is 0.643. The van der Waals surface area contributed by atoms with Crippen LogP contribution in [0.3, 0.4) is 0 Å². The topological polar surface area (TPSA) is 49.6 Å². The van der Waals surface area contributed by atoms with Gasteiger partial charge in [0.25, 0.3) is 0 Å². The summed E-state index contributed by atoms with van der Waals surface area (Å²) in [5.74, 6) is 0.867. The second-order valence-electron chi connectivity index (χ2n) is 4.88. The number of hydrogen-bond donors (Lipinski definition) is 0. The van der Waals surface area contributed by atoms with Crippen LogP contribution < -0.4 is 0 Å². The molecule has 0 saturated heterocycles. The fraction of sp³-hybridized carbons (Fsp3) is 0.308. The molecule has 0 saturated carbocycles. The highest BCUT2D eigenvalue weighted by atomic mass is 32.2. The first kappa shape index (κ1) is 13.1. The average Bonchev–Trinajstić information content (AvgIpc) is 2.77. The van der Waals surface area contributed by atoms with Crippen molar-refractivity contribution in [2.45, 2.75) is 35.4 Å². The van der Waals surface area contributed by atoms with Crippen molar-refractivity contribution in [2.24, 2.45) is 0 Å². The summed E-state index contributed by atoms with van der Waals surface area (Å²) in [4.78, 5) is 5.54. The van der Waals surface area contributed by atoms with E-state index in [2.05, 4.69) is 36.2 Å². The first-order chi connectivity index (χ1) is 8.49. The molecule has 0 spiro atoms. The predicted octanol–water partition coefficient (Wildman–Crippen LogP) is 3.86. The summed E-state index contributed by atoms with van der Waals surface area (Å²) in [6.45, 7) is 6.29. The van der Waals surface area contributed by atoms with Crippen LogP contribution in [0.1, 0.15) is 32.2 Å². The largest absolute Gasteiger partial charge is 0.212 e. The van der Waals surface area contributed by atoms with Crippen molar-refractivity contribution in [3.05, 3.63) is 35.7 Å². The van der Waals surface area contributed by atoms with E-state index in [0.717, 1.165) is 15.1 Å². The Morgan fingerprint density at radius 2 is 2.11 bits per heavy atom. The smallest absolute Gasteiger partial charge is 0.174 e. The van der Waals surface area contributed by atoms with Crippen LogP contribution >= 0.6 is 23.3 Å². The van der Waals surface area contributed by atoms with Gasteiger partial charge in [0.05, 0.1) is 11.6 Å². The third kappa shape index (κ3) is 3.09. The Morgan fingerprint density at radius 3 is 2.72 bits per heavy atom. The highest BCUT2D eigenvalue weighted by Gasteiger charge is 2.19. The van der Waals surface area contributed by atoms with E-state index >= 15 is 0 Å². The number of nitriles is 1. The maximum Gasteiger partial charge on any atom is 0.174 e. The standard InChI is InChI=1S/C13H13N3S2/c1-13(2,3)11-15-12(18-16-11)17-10-6-4-5-9(7-10)8-14/h4-7H,1-3H3. The van der Waals surface area contributed by atoms with Crippen molar-refractivity contribution in [2.75, 3.05) is 0 Å². The molecule has 2 rings (SSSR count). The zero-order valence-electron chi connectivity index (χ0n) is 10.5. The van der Waals surface area contributed by atoms with Crippen LogP contribution in [-0.2, 0) is 5.41 Å². The number of aromatic nitrogens is 2. The number of nitrogens with zero attached hydrogens (tertiary/aromatic N) is 3. The lowest BCUT2D eigenvalue weighted by molar-refractivity contribution is 0.551. The highest BCUT2D eigenvalue weighted by molar-refractivity contribution is 8.01. The summed E-state index contributed by atoms with van der Waals surface area (Å²) < 4.78 is 5.28. The fourth-order valence-electron chi connectivity index (χ4n) is 1.29. The number of rotatable bonds is 2. The zero-order chi connectivity index (χ0) is 13.2. The van der Waals surface area contributed by atoms with E-state index in [4.69, 9.17) is 5.26 Å². The van der Waals surface area contributed by atoms with E-state index in [1.165, 1.54) is 11.5 Å². The molecule has 1 heterocycles. The third-order valence-electron chi connectivity index (χ3n) is 2.25. The summed E-state index contributed by atoms with van der Waals surface area (Å²) >= 11 is 2.95. The molecular formula is C13H13N3S2. The van der Waals surface area contributed by atoms with Crippen molar-refractivity contribution in [1.29, 1.82) is 5.26 Å². The Kier molecular flexibility index (Phi) is 3.69. The Labute approximate surface area is 115 Å². The van der Waals surface area contributed by atoms with Gasteiger partial charge in [0.1, 0.15) is 5.82 Å². The monoisotopic (exact) mass is 275 g/mol. The van der Waals surface area contributed by atoms with Gasteiger partial charge in [0.2, 0.25) is 0 Å². The van der Waals surface area contributed by atoms with Crippen molar-refractivity contribution in [1.82, 2.24) is 9.36 Å². The van der Waals surface area contributed by atoms with Gasteiger partial charge in [-0.15, -0.1) is 0 Å². The molecule has 2 aromatic rings. The minimum absolute atomic E-state index is 0.0240. The Balaban J connectivity index is 2.19. The molecule has 0 aliphatic rings. The molecule has 5 heteroatoms. The molecule has 0 bridgehead atoms. The van der Waals surface area contributed by atoms with Gasteiger partial charge in [-0.25, -0.2) is 4.98 Å². The normalized spacial score (nSPS) is 11.2. The lowest BCUT2D eigenvalue weighted by Gasteiger charge is -2.12. The molecule has 0 radical (unpaired) electrons. The van der Waals surface area contributed by atoms with E-state index < -0.39 is 0 Å². The van der Waals surface area contributed by atoms with Gasteiger partial charge in [-0.3, -0.25) is 0 Å². The molecule has 0 aliphatic carbocycles. The van der Waals surface area contributed by atoms with Gasteiger partial charge in [-0.2, -0.15) is 9.64 Å². The molecule has 0 N–H and O–H groups in total. The molecule has 0 atom stereocenters. The second-order valence-corrected chi connectivity index (χ2v) is 6.95. The Morgan fingerprint density at radius 1 is 1.33 bits per heavy atom. The molecule has 0 aliphatic heterocycles. The molecule has 1 aromatic carbocycles. The Bertz CT molecular complexity index is 591. The molecule has 92 valence electrons. The summed E-state index contributed by atoms with van der Waals surface area (Å²) in [6.07, 6.45) is 0. The highest BCUT2D eigenvalue weighted by Crippen LogP contribution is 2.31. The van der Waals surface area contributed by atoms with Crippen molar-refractivity contribution in [3.63, 3.8) is 0 Å².